The van der Waals surface area contributed by atoms with Gasteiger partial charge >= 0.3 is 0 Å². The first-order valence-corrected chi connectivity index (χ1v) is 8.73. The molecule has 0 spiro atoms. The van der Waals surface area contributed by atoms with E-state index in [9.17, 15) is 4.79 Å². The summed E-state index contributed by atoms with van der Waals surface area (Å²) in [6, 6.07) is 1.94. The predicted molar refractivity (Wildman–Crippen MR) is 93.4 cm³/mol. The number of nitrogens with zero attached hydrogens (tertiary/aromatic N) is 5. The topological polar surface area (TPSA) is 65.1 Å². The van der Waals surface area contributed by atoms with Gasteiger partial charge in [-0.1, -0.05) is 19.3 Å². The molecule has 126 valence electrons. The van der Waals surface area contributed by atoms with Crippen LogP contribution in [0.15, 0.2) is 23.3 Å². The summed E-state index contributed by atoms with van der Waals surface area (Å²) >= 11 is 0. The third-order valence-electron chi connectivity index (χ3n) is 4.94. The summed E-state index contributed by atoms with van der Waals surface area (Å²) in [4.78, 5) is 21.8. The molecule has 0 saturated heterocycles. The monoisotopic (exact) mass is 325 g/mol. The molecule has 0 aromatic carbocycles. The summed E-state index contributed by atoms with van der Waals surface area (Å²) in [5.74, 6) is 1.87. The Labute approximate surface area is 140 Å². The minimum absolute atomic E-state index is 0.0379. The van der Waals surface area contributed by atoms with Gasteiger partial charge in [0.1, 0.15) is 0 Å². The van der Waals surface area contributed by atoms with Gasteiger partial charge in [0.05, 0.1) is 10.9 Å². The van der Waals surface area contributed by atoms with Crippen LogP contribution in [0.1, 0.15) is 64.6 Å². The molecule has 3 aromatic heterocycles. The van der Waals surface area contributed by atoms with Crippen molar-refractivity contribution in [3.8, 4) is 0 Å². The van der Waals surface area contributed by atoms with E-state index in [0.717, 1.165) is 24.2 Å². The van der Waals surface area contributed by atoms with Crippen LogP contribution in [0.3, 0.4) is 0 Å². The second-order valence-corrected chi connectivity index (χ2v) is 7.74. The highest BCUT2D eigenvalue weighted by Crippen LogP contribution is 2.31. The summed E-state index contributed by atoms with van der Waals surface area (Å²) in [5.41, 5.74) is 0.472. The van der Waals surface area contributed by atoms with Crippen LogP contribution in [0.5, 0.6) is 0 Å². The van der Waals surface area contributed by atoms with Crippen molar-refractivity contribution in [3.63, 3.8) is 0 Å². The largest absolute Gasteiger partial charge is 0.310 e. The van der Waals surface area contributed by atoms with Gasteiger partial charge in [0.2, 0.25) is 0 Å². The van der Waals surface area contributed by atoms with Gasteiger partial charge in [0, 0.05) is 23.9 Å². The fraction of sp³-hybridized carbons (Fsp3) is 0.556. The van der Waals surface area contributed by atoms with Crippen molar-refractivity contribution in [1.29, 1.82) is 0 Å². The highest BCUT2D eigenvalue weighted by Gasteiger charge is 2.22. The predicted octanol–water partition coefficient (Wildman–Crippen LogP) is 3.24. The zero-order valence-corrected chi connectivity index (χ0v) is 14.5. The maximum atomic E-state index is 12.8. The SMILES string of the molecule is CC(C)(C)n1ccc2c(cnc3nc(C4CCCCC4)nn32)c1=O. The van der Waals surface area contributed by atoms with E-state index in [1.54, 1.807) is 15.3 Å². The lowest BCUT2D eigenvalue weighted by molar-refractivity contribution is 0.386. The maximum absolute atomic E-state index is 12.8. The highest BCUT2D eigenvalue weighted by atomic mass is 16.1. The van der Waals surface area contributed by atoms with E-state index in [-0.39, 0.29) is 11.1 Å². The summed E-state index contributed by atoms with van der Waals surface area (Å²) in [7, 11) is 0. The Balaban J connectivity index is 1.90. The van der Waals surface area contributed by atoms with Gasteiger partial charge in [-0.15, -0.1) is 5.10 Å². The lowest BCUT2D eigenvalue weighted by atomic mass is 9.89. The Morgan fingerprint density at radius 2 is 1.92 bits per heavy atom. The zero-order chi connectivity index (χ0) is 16.9. The average molecular weight is 325 g/mol. The zero-order valence-electron chi connectivity index (χ0n) is 14.5. The van der Waals surface area contributed by atoms with Gasteiger partial charge in [-0.25, -0.2) is 4.98 Å². The van der Waals surface area contributed by atoms with Crippen LogP contribution in [0.25, 0.3) is 16.7 Å². The van der Waals surface area contributed by atoms with Crippen molar-refractivity contribution in [2.75, 3.05) is 0 Å². The van der Waals surface area contributed by atoms with Gasteiger partial charge in [0.15, 0.2) is 5.82 Å². The molecule has 0 unspecified atom stereocenters. The first kappa shape index (κ1) is 15.3. The van der Waals surface area contributed by atoms with Crippen LogP contribution in [0.2, 0.25) is 0 Å². The molecule has 1 aliphatic carbocycles. The first-order chi connectivity index (χ1) is 11.4. The summed E-state index contributed by atoms with van der Waals surface area (Å²) in [6.45, 7) is 6.05. The standard InChI is InChI=1S/C18H23N5O/c1-18(2,3)22-10-9-14-13(16(22)24)11-19-17-20-15(21-23(14)17)12-7-5-4-6-8-12/h9-12H,4-8H2,1-3H3. The fourth-order valence-electron chi connectivity index (χ4n) is 3.60. The molecule has 1 saturated carbocycles. The Morgan fingerprint density at radius 3 is 2.62 bits per heavy atom. The minimum Gasteiger partial charge on any atom is -0.310 e. The molecule has 0 bridgehead atoms. The second kappa shape index (κ2) is 5.40. The summed E-state index contributed by atoms with van der Waals surface area (Å²) in [6.07, 6.45) is 9.55. The third kappa shape index (κ3) is 2.41. The molecular formula is C18H23N5O. The van der Waals surface area contributed by atoms with E-state index in [1.165, 1.54) is 19.3 Å². The van der Waals surface area contributed by atoms with Gasteiger partial charge in [-0.05, 0) is 39.7 Å². The van der Waals surface area contributed by atoms with Crippen molar-refractivity contribution in [1.82, 2.24) is 24.1 Å². The normalized spacial score (nSPS) is 17.0. The van der Waals surface area contributed by atoms with Crippen LogP contribution in [0.4, 0.5) is 0 Å². The number of rotatable bonds is 1. The molecule has 1 aliphatic rings. The van der Waals surface area contributed by atoms with Crippen LogP contribution in [-0.4, -0.2) is 24.1 Å². The Kier molecular flexibility index (Phi) is 3.44. The molecule has 4 rings (SSSR count). The molecule has 24 heavy (non-hydrogen) atoms. The molecule has 6 heteroatoms. The minimum atomic E-state index is -0.268. The molecule has 3 heterocycles. The Morgan fingerprint density at radius 1 is 1.17 bits per heavy atom. The van der Waals surface area contributed by atoms with Gasteiger partial charge in [0.25, 0.3) is 11.3 Å². The molecule has 0 amide bonds. The van der Waals surface area contributed by atoms with Gasteiger partial charge in [-0.3, -0.25) is 4.79 Å². The summed E-state index contributed by atoms with van der Waals surface area (Å²) in [5, 5.41) is 5.28. The van der Waals surface area contributed by atoms with Crippen molar-refractivity contribution < 1.29 is 0 Å². The molecule has 0 aliphatic heterocycles. The van der Waals surface area contributed by atoms with E-state index in [4.69, 9.17) is 5.10 Å². The van der Waals surface area contributed by atoms with E-state index < -0.39 is 0 Å². The van der Waals surface area contributed by atoms with E-state index in [1.807, 2.05) is 33.0 Å². The fourth-order valence-corrected chi connectivity index (χ4v) is 3.60. The molecule has 0 N–H and O–H groups in total. The third-order valence-corrected chi connectivity index (χ3v) is 4.94. The van der Waals surface area contributed by atoms with Gasteiger partial charge < -0.3 is 4.57 Å². The van der Waals surface area contributed by atoms with Crippen molar-refractivity contribution in [2.45, 2.75) is 64.3 Å². The quantitative estimate of drug-likeness (QED) is 0.689. The second-order valence-electron chi connectivity index (χ2n) is 7.74. The van der Waals surface area contributed by atoms with Crippen LogP contribution in [-0.2, 0) is 5.54 Å². The number of aromatic nitrogens is 5. The van der Waals surface area contributed by atoms with E-state index in [0.29, 0.717) is 17.1 Å². The van der Waals surface area contributed by atoms with E-state index in [2.05, 4.69) is 9.97 Å². The molecule has 6 nitrogen and oxygen atoms in total. The molecule has 0 atom stereocenters. The van der Waals surface area contributed by atoms with E-state index >= 15 is 0 Å². The highest BCUT2D eigenvalue weighted by molar-refractivity contribution is 5.78. The van der Waals surface area contributed by atoms with Crippen LogP contribution in [0, 0.1) is 0 Å². The Bertz CT molecular complexity index is 957. The number of hydrogen-bond acceptors (Lipinski definition) is 4. The Hall–Kier alpha value is -2.24. The average Bonchev–Trinajstić information content (AvgIpc) is 2.99. The van der Waals surface area contributed by atoms with Crippen LogP contribution < -0.4 is 5.56 Å². The molecule has 1 fully saturated rings. The molecular weight excluding hydrogens is 302 g/mol. The van der Waals surface area contributed by atoms with Crippen molar-refractivity contribution >= 4 is 16.7 Å². The lowest BCUT2D eigenvalue weighted by Gasteiger charge is -2.22. The number of pyridine rings is 1. The smallest absolute Gasteiger partial charge is 0.262 e. The summed E-state index contributed by atoms with van der Waals surface area (Å²) < 4.78 is 3.47. The lowest BCUT2D eigenvalue weighted by Crippen LogP contribution is -2.33. The number of fused-ring (bicyclic) bond motifs is 3. The van der Waals surface area contributed by atoms with Gasteiger partial charge in [-0.2, -0.15) is 9.50 Å². The molecule has 0 radical (unpaired) electrons. The molecule has 3 aromatic rings. The maximum Gasteiger partial charge on any atom is 0.262 e. The number of hydrogen-bond donors (Lipinski definition) is 0. The van der Waals surface area contributed by atoms with Crippen molar-refractivity contribution in [3.05, 3.63) is 34.6 Å². The van der Waals surface area contributed by atoms with Crippen LogP contribution >= 0.6 is 0 Å². The van der Waals surface area contributed by atoms with Crippen molar-refractivity contribution in [2.24, 2.45) is 0 Å². The first-order valence-electron chi connectivity index (χ1n) is 8.73.